The Bertz CT molecular complexity index is 565. The molecule has 0 amide bonds. The molecule has 0 aliphatic heterocycles. The SMILES string of the molecule is Oc1cccc(-c2cccc(OCC(F)(F)F)c2)c1. The molecule has 0 aliphatic carbocycles. The van der Waals surface area contributed by atoms with Crippen molar-refractivity contribution >= 4 is 0 Å². The van der Waals surface area contributed by atoms with E-state index in [2.05, 4.69) is 4.74 Å². The van der Waals surface area contributed by atoms with Crippen LogP contribution in [0.2, 0.25) is 0 Å². The van der Waals surface area contributed by atoms with Crippen LogP contribution < -0.4 is 4.74 Å². The maximum absolute atomic E-state index is 12.1. The Morgan fingerprint density at radius 2 is 1.58 bits per heavy atom. The fraction of sp³-hybridized carbons (Fsp3) is 0.143. The lowest BCUT2D eigenvalue weighted by atomic mass is 10.1. The third-order valence-electron chi connectivity index (χ3n) is 2.42. The molecule has 1 N–H and O–H groups in total. The van der Waals surface area contributed by atoms with E-state index in [4.69, 9.17) is 0 Å². The van der Waals surface area contributed by atoms with E-state index in [1.165, 1.54) is 24.3 Å². The van der Waals surface area contributed by atoms with Gasteiger partial charge >= 0.3 is 6.18 Å². The number of ether oxygens (including phenoxy) is 1. The van der Waals surface area contributed by atoms with Gasteiger partial charge < -0.3 is 9.84 Å². The summed E-state index contributed by atoms with van der Waals surface area (Å²) in [7, 11) is 0. The molecule has 5 heteroatoms. The smallest absolute Gasteiger partial charge is 0.422 e. The average Bonchev–Trinajstić information content (AvgIpc) is 2.36. The van der Waals surface area contributed by atoms with Gasteiger partial charge in [-0.25, -0.2) is 0 Å². The highest BCUT2D eigenvalue weighted by Crippen LogP contribution is 2.27. The van der Waals surface area contributed by atoms with Crippen LogP contribution in [0.25, 0.3) is 11.1 Å². The second kappa shape index (κ2) is 5.22. The summed E-state index contributed by atoms with van der Waals surface area (Å²) >= 11 is 0. The largest absolute Gasteiger partial charge is 0.508 e. The second-order valence-corrected chi connectivity index (χ2v) is 3.98. The highest BCUT2D eigenvalue weighted by atomic mass is 19.4. The molecule has 0 radical (unpaired) electrons. The monoisotopic (exact) mass is 268 g/mol. The first-order chi connectivity index (χ1) is 8.94. The standard InChI is InChI=1S/C14H11F3O2/c15-14(16,17)9-19-13-6-2-4-11(8-13)10-3-1-5-12(18)7-10/h1-8,18H,9H2. The van der Waals surface area contributed by atoms with Crippen molar-refractivity contribution in [2.75, 3.05) is 6.61 Å². The van der Waals surface area contributed by atoms with Crippen molar-refractivity contribution in [2.45, 2.75) is 6.18 Å². The quantitative estimate of drug-likeness (QED) is 0.911. The Balaban J connectivity index is 2.20. The summed E-state index contributed by atoms with van der Waals surface area (Å²) in [6.45, 7) is -1.32. The van der Waals surface area contributed by atoms with Crippen molar-refractivity contribution in [3.8, 4) is 22.6 Å². The first kappa shape index (κ1) is 13.3. The molecule has 0 bridgehead atoms. The van der Waals surface area contributed by atoms with Crippen LogP contribution in [0.3, 0.4) is 0 Å². The molecule has 0 saturated carbocycles. The Labute approximate surface area is 108 Å². The topological polar surface area (TPSA) is 29.5 Å². The Kier molecular flexibility index (Phi) is 3.64. The Morgan fingerprint density at radius 1 is 0.947 bits per heavy atom. The molecule has 0 aromatic heterocycles. The van der Waals surface area contributed by atoms with Crippen LogP contribution in [0, 0.1) is 0 Å². The van der Waals surface area contributed by atoms with Gasteiger partial charge in [0.1, 0.15) is 11.5 Å². The van der Waals surface area contributed by atoms with E-state index < -0.39 is 12.8 Å². The fourth-order valence-corrected chi connectivity index (χ4v) is 1.62. The Hall–Kier alpha value is -2.17. The predicted octanol–water partition coefficient (Wildman–Crippen LogP) is 4.00. The van der Waals surface area contributed by atoms with Crippen LogP contribution in [-0.2, 0) is 0 Å². The van der Waals surface area contributed by atoms with E-state index >= 15 is 0 Å². The van der Waals surface area contributed by atoms with Crippen molar-refractivity contribution in [1.82, 2.24) is 0 Å². The lowest BCUT2D eigenvalue weighted by molar-refractivity contribution is -0.153. The first-order valence-corrected chi connectivity index (χ1v) is 5.53. The summed E-state index contributed by atoms with van der Waals surface area (Å²) < 4.78 is 40.9. The van der Waals surface area contributed by atoms with Crippen molar-refractivity contribution in [3.05, 3.63) is 48.5 Å². The van der Waals surface area contributed by atoms with E-state index in [1.807, 2.05) is 0 Å². The van der Waals surface area contributed by atoms with Crippen LogP contribution in [0.4, 0.5) is 13.2 Å². The summed E-state index contributed by atoms with van der Waals surface area (Å²) in [6, 6.07) is 12.8. The zero-order chi connectivity index (χ0) is 13.9. The molecule has 0 saturated heterocycles. The van der Waals surface area contributed by atoms with Gasteiger partial charge in [-0.1, -0.05) is 24.3 Å². The van der Waals surface area contributed by atoms with E-state index in [1.54, 1.807) is 24.3 Å². The van der Waals surface area contributed by atoms with Gasteiger partial charge in [0.15, 0.2) is 6.61 Å². The molecule has 2 aromatic carbocycles. The zero-order valence-corrected chi connectivity index (χ0v) is 9.82. The van der Waals surface area contributed by atoms with E-state index in [-0.39, 0.29) is 11.5 Å². The molecule has 0 atom stereocenters. The molecule has 100 valence electrons. The lowest BCUT2D eigenvalue weighted by Gasteiger charge is -2.10. The maximum atomic E-state index is 12.1. The molecule has 0 heterocycles. The second-order valence-electron chi connectivity index (χ2n) is 3.98. The molecule has 0 unspecified atom stereocenters. The van der Waals surface area contributed by atoms with Crippen LogP contribution in [0.5, 0.6) is 11.5 Å². The van der Waals surface area contributed by atoms with Crippen molar-refractivity contribution in [3.63, 3.8) is 0 Å². The number of hydrogen-bond acceptors (Lipinski definition) is 2. The lowest BCUT2D eigenvalue weighted by Crippen LogP contribution is -2.19. The van der Waals surface area contributed by atoms with E-state index in [9.17, 15) is 18.3 Å². The molecule has 0 spiro atoms. The van der Waals surface area contributed by atoms with Crippen LogP contribution in [0.1, 0.15) is 0 Å². The third-order valence-corrected chi connectivity index (χ3v) is 2.42. The molecule has 2 rings (SSSR count). The summed E-state index contributed by atoms with van der Waals surface area (Å²) in [6.07, 6.45) is -4.36. The van der Waals surface area contributed by atoms with Gasteiger partial charge in [0.05, 0.1) is 0 Å². The van der Waals surface area contributed by atoms with Gasteiger partial charge in [0.2, 0.25) is 0 Å². The predicted molar refractivity (Wildman–Crippen MR) is 65.1 cm³/mol. The first-order valence-electron chi connectivity index (χ1n) is 5.53. The highest BCUT2D eigenvalue weighted by molar-refractivity contribution is 5.66. The Morgan fingerprint density at radius 3 is 2.21 bits per heavy atom. The van der Waals surface area contributed by atoms with E-state index in [0.29, 0.717) is 11.1 Å². The van der Waals surface area contributed by atoms with Gasteiger partial charge in [-0.15, -0.1) is 0 Å². The molecule has 2 aromatic rings. The maximum Gasteiger partial charge on any atom is 0.422 e. The van der Waals surface area contributed by atoms with Crippen molar-refractivity contribution in [2.24, 2.45) is 0 Å². The van der Waals surface area contributed by atoms with Gasteiger partial charge in [-0.3, -0.25) is 0 Å². The number of phenols is 1. The van der Waals surface area contributed by atoms with Crippen molar-refractivity contribution in [1.29, 1.82) is 0 Å². The molecular weight excluding hydrogens is 257 g/mol. The van der Waals surface area contributed by atoms with Gasteiger partial charge in [0, 0.05) is 0 Å². The van der Waals surface area contributed by atoms with Crippen molar-refractivity contribution < 1.29 is 23.0 Å². The van der Waals surface area contributed by atoms with Gasteiger partial charge in [-0.05, 0) is 35.4 Å². The number of halogens is 3. The van der Waals surface area contributed by atoms with Crippen LogP contribution >= 0.6 is 0 Å². The summed E-state index contributed by atoms with van der Waals surface area (Å²) in [5.41, 5.74) is 1.38. The fourth-order valence-electron chi connectivity index (χ4n) is 1.62. The zero-order valence-electron chi connectivity index (χ0n) is 9.82. The van der Waals surface area contributed by atoms with Crippen LogP contribution in [0.15, 0.2) is 48.5 Å². The third kappa shape index (κ3) is 3.91. The van der Waals surface area contributed by atoms with Gasteiger partial charge in [-0.2, -0.15) is 13.2 Å². The molecule has 19 heavy (non-hydrogen) atoms. The summed E-state index contributed by atoms with van der Waals surface area (Å²) in [5, 5.41) is 9.37. The van der Waals surface area contributed by atoms with Crippen LogP contribution in [-0.4, -0.2) is 17.9 Å². The number of benzene rings is 2. The summed E-state index contributed by atoms with van der Waals surface area (Å²) in [4.78, 5) is 0. The van der Waals surface area contributed by atoms with E-state index in [0.717, 1.165) is 0 Å². The average molecular weight is 268 g/mol. The molecular formula is C14H11F3O2. The number of hydrogen-bond donors (Lipinski definition) is 1. The number of aromatic hydroxyl groups is 1. The minimum Gasteiger partial charge on any atom is -0.508 e. The number of rotatable bonds is 3. The number of alkyl halides is 3. The van der Waals surface area contributed by atoms with Gasteiger partial charge in [0.25, 0.3) is 0 Å². The molecule has 2 nitrogen and oxygen atoms in total. The molecule has 0 aliphatic rings. The number of phenolic OH excluding ortho intramolecular Hbond substituents is 1. The minimum atomic E-state index is -4.36. The highest BCUT2D eigenvalue weighted by Gasteiger charge is 2.28. The minimum absolute atomic E-state index is 0.0964. The molecule has 0 fully saturated rings. The normalized spacial score (nSPS) is 11.3. The summed E-state index contributed by atoms with van der Waals surface area (Å²) in [5.74, 6) is 0.234.